The van der Waals surface area contributed by atoms with Gasteiger partial charge in [-0.1, -0.05) is 0 Å². The van der Waals surface area contributed by atoms with Crippen molar-refractivity contribution in [3.05, 3.63) is 95.6 Å². The molecule has 0 aromatic heterocycles. The van der Waals surface area contributed by atoms with Crippen LogP contribution in [0.4, 0.5) is 0 Å². The van der Waals surface area contributed by atoms with E-state index in [9.17, 15) is 0 Å². The zero-order chi connectivity index (χ0) is 17.5. The first kappa shape index (κ1) is 17.4. The number of hydrogen-bond acceptors (Lipinski definition) is 1. The van der Waals surface area contributed by atoms with Gasteiger partial charge < -0.3 is 0 Å². The normalized spacial score (nSPS) is 11.3. The van der Waals surface area contributed by atoms with E-state index in [4.69, 9.17) is 4.74 Å². The minimum atomic E-state index is 0.340. The molecule has 1 atom stereocenters. The van der Waals surface area contributed by atoms with Crippen LogP contribution in [0, 0.1) is 11.8 Å². The second-order valence-corrected chi connectivity index (χ2v) is 8.55. The monoisotopic (exact) mass is 392 g/mol. The van der Waals surface area contributed by atoms with E-state index in [1.165, 1.54) is 10.0 Å². The number of benzene rings is 3. The maximum absolute atomic E-state index is 5.19. The van der Waals surface area contributed by atoms with Gasteiger partial charge in [-0.25, -0.2) is 0 Å². The van der Waals surface area contributed by atoms with Crippen molar-refractivity contribution in [1.82, 2.24) is 0 Å². The van der Waals surface area contributed by atoms with Gasteiger partial charge in [-0.3, -0.25) is 0 Å². The van der Waals surface area contributed by atoms with Gasteiger partial charge in [0.1, 0.15) is 0 Å². The quantitative estimate of drug-likeness (QED) is 0.479. The standard InChI is InChI=1S/C23H20OSe/c1-18(20-8-4-3-5-9-20)25-23-11-7-6-10-21(23)15-12-19-13-16-22(24-2)17-14-19/h3-11,13-14,16-18H,1-2H3. The number of ether oxygens (including phenoxy) is 1. The average Bonchev–Trinajstić information content (AvgIpc) is 2.68. The molecule has 3 aromatic carbocycles. The Kier molecular flexibility index (Phi) is 5.96. The Morgan fingerprint density at radius 2 is 1.48 bits per heavy atom. The number of methoxy groups -OCH3 is 1. The summed E-state index contributed by atoms with van der Waals surface area (Å²) < 4.78 is 6.55. The van der Waals surface area contributed by atoms with Crippen molar-refractivity contribution in [1.29, 1.82) is 0 Å². The molecule has 3 rings (SSSR count). The zero-order valence-corrected chi connectivity index (χ0v) is 16.1. The summed E-state index contributed by atoms with van der Waals surface area (Å²) in [6.45, 7) is 2.29. The molecule has 124 valence electrons. The van der Waals surface area contributed by atoms with Gasteiger partial charge >= 0.3 is 156 Å². The molecule has 0 heterocycles. The van der Waals surface area contributed by atoms with Crippen LogP contribution in [0.5, 0.6) is 5.75 Å². The molecule has 0 aliphatic carbocycles. The fraction of sp³-hybridized carbons (Fsp3) is 0.130. The van der Waals surface area contributed by atoms with Gasteiger partial charge in [-0.05, 0) is 0 Å². The van der Waals surface area contributed by atoms with E-state index in [0.29, 0.717) is 19.8 Å². The molecule has 0 aliphatic heterocycles. The third-order valence-electron chi connectivity index (χ3n) is 3.89. The molecule has 0 saturated carbocycles. The van der Waals surface area contributed by atoms with E-state index in [-0.39, 0.29) is 0 Å². The van der Waals surface area contributed by atoms with Crippen molar-refractivity contribution in [3.8, 4) is 17.6 Å². The van der Waals surface area contributed by atoms with Crippen LogP contribution in [0.2, 0.25) is 0 Å². The van der Waals surface area contributed by atoms with Crippen molar-refractivity contribution in [2.75, 3.05) is 7.11 Å². The van der Waals surface area contributed by atoms with Gasteiger partial charge in [0, 0.05) is 0 Å². The van der Waals surface area contributed by atoms with Crippen molar-refractivity contribution >= 4 is 19.4 Å². The van der Waals surface area contributed by atoms with E-state index in [0.717, 1.165) is 16.9 Å². The van der Waals surface area contributed by atoms with E-state index < -0.39 is 0 Å². The molecule has 1 nitrogen and oxygen atoms in total. The molecule has 0 amide bonds. The van der Waals surface area contributed by atoms with Gasteiger partial charge in [0.25, 0.3) is 0 Å². The van der Waals surface area contributed by atoms with Crippen LogP contribution in [0.3, 0.4) is 0 Å². The van der Waals surface area contributed by atoms with E-state index in [1.54, 1.807) is 7.11 Å². The molecule has 0 fully saturated rings. The summed E-state index contributed by atoms with van der Waals surface area (Å²) in [6.07, 6.45) is 0. The molecule has 0 radical (unpaired) electrons. The Hall–Kier alpha value is -2.46. The Morgan fingerprint density at radius 3 is 2.20 bits per heavy atom. The summed E-state index contributed by atoms with van der Waals surface area (Å²) in [4.78, 5) is 0.526. The van der Waals surface area contributed by atoms with Crippen molar-refractivity contribution in [2.45, 2.75) is 11.7 Å². The zero-order valence-electron chi connectivity index (χ0n) is 14.4. The Morgan fingerprint density at radius 1 is 0.800 bits per heavy atom. The van der Waals surface area contributed by atoms with E-state index >= 15 is 0 Å². The van der Waals surface area contributed by atoms with Gasteiger partial charge in [-0.2, -0.15) is 0 Å². The summed E-state index contributed by atoms with van der Waals surface area (Å²) in [5, 5.41) is 0. The maximum atomic E-state index is 5.19. The predicted molar refractivity (Wildman–Crippen MR) is 106 cm³/mol. The third-order valence-corrected chi connectivity index (χ3v) is 6.48. The molecule has 0 N–H and O–H groups in total. The molecule has 0 bridgehead atoms. The molecule has 1 unspecified atom stereocenters. The molecule has 0 aliphatic rings. The fourth-order valence-electron chi connectivity index (χ4n) is 2.47. The summed E-state index contributed by atoms with van der Waals surface area (Å²) in [5.41, 5.74) is 3.51. The SMILES string of the molecule is COc1ccc(C#Cc2ccccc2[Se]C(C)c2ccccc2)cc1. The third kappa shape index (κ3) is 4.77. The van der Waals surface area contributed by atoms with Crippen LogP contribution >= 0.6 is 0 Å². The van der Waals surface area contributed by atoms with Gasteiger partial charge in [0.05, 0.1) is 0 Å². The van der Waals surface area contributed by atoms with Gasteiger partial charge in [0.15, 0.2) is 0 Å². The number of hydrogen-bond donors (Lipinski definition) is 0. The first-order valence-electron chi connectivity index (χ1n) is 8.23. The first-order chi connectivity index (χ1) is 12.3. The number of rotatable bonds is 4. The summed E-state index contributed by atoms with van der Waals surface area (Å²) in [5.74, 6) is 7.47. The minimum absolute atomic E-state index is 0.340. The average molecular weight is 391 g/mol. The summed E-state index contributed by atoms with van der Waals surface area (Å²) >= 11 is 0.340. The fourth-order valence-corrected chi connectivity index (χ4v) is 4.73. The van der Waals surface area contributed by atoms with Crippen LogP contribution in [0.25, 0.3) is 0 Å². The molecule has 3 aromatic rings. The molecular formula is C23H20OSe. The van der Waals surface area contributed by atoms with Crippen LogP contribution in [-0.2, 0) is 0 Å². The first-order valence-corrected chi connectivity index (χ1v) is 10.1. The molecule has 25 heavy (non-hydrogen) atoms. The molecule has 0 spiro atoms. The Balaban J connectivity index is 1.80. The van der Waals surface area contributed by atoms with Crippen molar-refractivity contribution < 1.29 is 4.74 Å². The second-order valence-electron chi connectivity index (χ2n) is 5.65. The second kappa shape index (κ2) is 8.58. The predicted octanol–water partition coefficient (Wildman–Crippen LogP) is 4.19. The van der Waals surface area contributed by atoms with E-state index in [1.807, 2.05) is 24.3 Å². The Labute approximate surface area is 156 Å². The Bertz CT molecular complexity index is 873. The van der Waals surface area contributed by atoms with Gasteiger partial charge in [-0.15, -0.1) is 0 Å². The van der Waals surface area contributed by atoms with Crippen LogP contribution in [0.15, 0.2) is 78.9 Å². The summed E-state index contributed by atoms with van der Waals surface area (Å²) in [6, 6.07) is 27.1. The van der Waals surface area contributed by atoms with Crippen LogP contribution in [0.1, 0.15) is 28.4 Å². The van der Waals surface area contributed by atoms with E-state index in [2.05, 4.69) is 73.4 Å². The topological polar surface area (TPSA) is 9.23 Å². The molecule has 2 heteroatoms. The summed E-state index contributed by atoms with van der Waals surface area (Å²) in [7, 11) is 1.67. The molecular weight excluding hydrogens is 371 g/mol. The van der Waals surface area contributed by atoms with Crippen LogP contribution in [-0.4, -0.2) is 22.1 Å². The van der Waals surface area contributed by atoms with Gasteiger partial charge in [0.2, 0.25) is 0 Å². The van der Waals surface area contributed by atoms with Crippen LogP contribution < -0.4 is 9.20 Å². The molecule has 0 saturated heterocycles. The van der Waals surface area contributed by atoms with Crippen molar-refractivity contribution in [2.24, 2.45) is 0 Å². The van der Waals surface area contributed by atoms with Crippen molar-refractivity contribution in [3.63, 3.8) is 0 Å².